The molecule has 1 aromatic heterocycles. The number of thiophene rings is 1. The molecule has 0 fully saturated rings. The molecule has 0 saturated heterocycles. The zero-order valence-electron chi connectivity index (χ0n) is 8.79. The number of halogens is 1. The largest absolute Gasteiger partial charge is 0.382 e. The van der Waals surface area contributed by atoms with Crippen LogP contribution in [-0.2, 0) is 16.0 Å². The Kier molecular flexibility index (Phi) is 6.96. The fraction of sp³-hybridized carbons (Fsp3) is 0.600. The Labute approximate surface area is 99.3 Å². The quantitative estimate of drug-likeness (QED) is 0.717. The molecule has 1 rings (SSSR count). The van der Waals surface area contributed by atoms with E-state index >= 15 is 0 Å². The lowest BCUT2D eigenvalue weighted by molar-refractivity contribution is 0.0719. The van der Waals surface area contributed by atoms with Crippen molar-refractivity contribution in [2.24, 2.45) is 0 Å². The van der Waals surface area contributed by atoms with Gasteiger partial charge in [-0.1, -0.05) is 11.6 Å². The topological polar surface area (TPSA) is 30.5 Å². The van der Waals surface area contributed by atoms with Gasteiger partial charge in [0.1, 0.15) is 0 Å². The van der Waals surface area contributed by atoms with Crippen LogP contribution in [0.25, 0.3) is 0 Å². The number of methoxy groups -OCH3 is 1. The molecule has 15 heavy (non-hydrogen) atoms. The van der Waals surface area contributed by atoms with E-state index in [-0.39, 0.29) is 0 Å². The van der Waals surface area contributed by atoms with Gasteiger partial charge in [0, 0.05) is 30.5 Å². The van der Waals surface area contributed by atoms with Crippen LogP contribution in [0.1, 0.15) is 4.88 Å². The molecule has 5 heteroatoms. The molecule has 0 radical (unpaired) electrons. The van der Waals surface area contributed by atoms with Gasteiger partial charge in [-0.15, -0.1) is 11.3 Å². The van der Waals surface area contributed by atoms with Crippen LogP contribution in [0.5, 0.6) is 0 Å². The number of ether oxygens (including phenoxy) is 2. The minimum Gasteiger partial charge on any atom is -0.382 e. The van der Waals surface area contributed by atoms with Crippen LogP contribution in [0, 0.1) is 0 Å². The average Bonchev–Trinajstić information content (AvgIpc) is 2.63. The Bertz CT molecular complexity index is 268. The third-order valence-electron chi connectivity index (χ3n) is 1.78. The van der Waals surface area contributed by atoms with Crippen molar-refractivity contribution in [3.05, 3.63) is 21.3 Å². The summed E-state index contributed by atoms with van der Waals surface area (Å²) in [7, 11) is 1.67. The maximum atomic E-state index is 5.80. The Hall–Kier alpha value is -0.130. The molecule has 1 aromatic rings. The van der Waals surface area contributed by atoms with Crippen molar-refractivity contribution in [2.75, 3.05) is 33.5 Å². The van der Waals surface area contributed by atoms with Crippen molar-refractivity contribution in [2.45, 2.75) is 6.54 Å². The van der Waals surface area contributed by atoms with Crippen LogP contribution >= 0.6 is 22.9 Å². The summed E-state index contributed by atoms with van der Waals surface area (Å²) in [5.41, 5.74) is 0. The van der Waals surface area contributed by atoms with E-state index in [1.165, 1.54) is 4.88 Å². The smallest absolute Gasteiger partial charge is 0.0700 e. The Morgan fingerprint density at radius 3 is 2.93 bits per heavy atom. The lowest BCUT2D eigenvalue weighted by atomic mass is 10.4. The highest BCUT2D eigenvalue weighted by Crippen LogP contribution is 2.18. The van der Waals surface area contributed by atoms with Gasteiger partial charge in [0.2, 0.25) is 0 Å². The molecule has 0 saturated carbocycles. The van der Waals surface area contributed by atoms with Gasteiger partial charge in [-0.25, -0.2) is 0 Å². The van der Waals surface area contributed by atoms with E-state index in [1.807, 2.05) is 11.4 Å². The van der Waals surface area contributed by atoms with Crippen molar-refractivity contribution in [3.8, 4) is 0 Å². The highest BCUT2D eigenvalue weighted by molar-refractivity contribution is 7.10. The highest BCUT2D eigenvalue weighted by atomic mass is 35.5. The lowest BCUT2D eigenvalue weighted by Gasteiger charge is -2.04. The highest BCUT2D eigenvalue weighted by Gasteiger charge is 1.96. The van der Waals surface area contributed by atoms with Crippen LogP contribution < -0.4 is 5.32 Å². The van der Waals surface area contributed by atoms with Gasteiger partial charge < -0.3 is 14.8 Å². The molecule has 86 valence electrons. The van der Waals surface area contributed by atoms with Crippen molar-refractivity contribution < 1.29 is 9.47 Å². The molecule has 0 aromatic carbocycles. The van der Waals surface area contributed by atoms with E-state index in [2.05, 4.69) is 5.32 Å². The van der Waals surface area contributed by atoms with Crippen LogP contribution in [0.2, 0.25) is 5.02 Å². The summed E-state index contributed by atoms with van der Waals surface area (Å²) in [6, 6.07) is 1.98. The summed E-state index contributed by atoms with van der Waals surface area (Å²) in [4.78, 5) is 1.25. The van der Waals surface area contributed by atoms with Gasteiger partial charge in [0.05, 0.1) is 24.8 Å². The Morgan fingerprint density at radius 1 is 1.40 bits per heavy atom. The van der Waals surface area contributed by atoms with E-state index in [0.29, 0.717) is 19.8 Å². The van der Waals surface area contributed by atoms with E-state index in [9.17, 15) is 0 Å². The molecule has 0 aliphatic carbocycles. The van der Waals surface area contributed by atoms with E-state index < -0.39 is 0 Å². The molecule has 0 atom stereocenters. The van der Waals surface area contributed by atoms with E-state index in [0.717, 1.165) is 18.1 Å². The minimum atomic E-state index is 0.653. The summed E-state index contributed by atoms with van der Waals surface area (Å²) in [5.74, 6) is 0. The molecule has 0 unspecified atom stereocenters. The SMILES string of the molecule is COCCOCCNCc1cc(Cl)cs1. The van der Waals surface area contributed by atoms with Gasteiger partial charge in [0.25, 0.3) is 0 Å². The summed E-state index contributed by atoms with van der Waals surface area (Å²) in [6.45, 7) is 3.72. The standard InChI is InChI=1S/C10H16ClNO2S/c1-13-4-5-14-3-2-12-7-10-6-9(11)8-15-10/h6,8,12H,2-5,7H2,1H3. The molecule has 3 nitrogen and oxygen atoms in total. The second kappa shape index (κ2) is 8.07. The number of hydrogen-bond acceptors (Lipinski definition) is 4. The molecule has 1 heterocycles. The van der Waals surface area contributed by atoms with Crippen LogP contribution in [0.15, 0.2) is 11.4 Å². The molecule has 0 aliphatic heterocycles. The summed E-state index contributed by atoms with van der Waals surface area (Å²) in [6.07, 6.45) is 0. The Morgan fingerprint density at radius 2 is 2.27 bits per heavy atom. The van der Waals surface area contributed by atoms with Gasteiger partial charge >= 0.3 is 0 Å². The normalized spacial score (nSPS) is 10.8. The first-order valence-electron chi connectivity index (χ1n) is 4.83. The van der Waals surface area contributed by atoms with Gasteiger partial charge in [-0.05, 0) is 6.07 Å². The Balaban J connectivity index is 1.93. The first kappa shape index (κ1) is 12.9. The van der Waals surface area contributed by atoms with Crippen LogP contribution in [0.4, 0.5) is 0 Å². The molecule has 1 N–H and O–H groups in total. The molecule has 0 aliphatic rings. The van der Waals surface area contributed by atoms with Crippen LogP contribution in [-0.4, -0.2) is 33.5 Å². The number of rotatable bonds is 8. The maximum absolute atomic E-state index is 5.80. The predicted molar refractivity (Wildman–Crippen MR) is 63.7 cm³/mol. The molecular formula is C10H16ClNO2S. The van der Waals surface area contributed by atoms with E-state index in [4.69, 9.17) is 21.1 Å². The first-order chi connectivity index (χ1) is 7.33. The first-order valence-corrected chi connectivity index (χ1v) is 6.09. The van der Waals surface area contributed by atoms with Crippen molar-refractivity contribution in [3.63, 3.8) is 0 Å². The van der Waals surface area contributed by atoms with E-state index in [1.54, 1.807) is 18.4 Å². The van der Waals surface area contributed by atoms with Gasteiger partial charge in [-0.2, -0.15) is 0 Å². The summed E-state index contributed by atoms with van der Waals surface area (Å²) in [5, 5.41) is 6.03. The second-order valence-electron chi connectivity index (χ2n) is 3.01. The van der Waals surface area contributed by atoms with Crippen molar-refractivity contribution in [1.82, 2.24) is 5.32 Å². The van der Waals surface area contributed by atoms with Gasteiger partial charge in [0.15, 0.2) is 0 Å². The maximum Gasteiger partial charge on any atom is 0.0700 e. The number of nitrogens with one attached hydrogen (secondary N) is 1. The minimum absolute atomic E-state index is 0.653. The van der Waals surface area contributed by atoms with Crippen molar-refractivity contribution >= 4 is 22.9 Å². The van der Waals surface area contributed by atoms with Gasteiger partial charge in [-0.3, -0.25) is 0 Å². The molecule has 0 amide bonds. The zero-order valence-corrected chi connectivity index (χ0v) is 10.4. The third kappa shape index (κ3) is 6.12. The zero-order chi connectivity index (χ0) is 10.9. The second-order valence-corrected chi connectivity index (χ2v) is 4.45. The monoisotopic (exact) mass is 249 g/mol. The third-order valence-corrected chi connectivity index (χ3v) is 3.06. The summed E-state index contributed by atoms with van der Waals surface area (Å²) >= 11 is 7.47. The predicted octanol–water partition coefficient (Wildman–Crippen LogP) is 2.15. The number of hydrogen-bond donors (Lipinski definition) is 1. The molecular weight excluding hydrogens is 234 g/mol. The lowest BCUT2D eigenvalue weighted by Crippen LogP contribution is -2.19. The fourth-order valence-electron chi connectivity index (χ4n) is 1.05. The molecule has 0 spiro atoms. The summed E-state index contributed by atoms with van der Waals surface area (Å²) < 4.78 is 10.2. The fourth-order valence-corrected chi connectivity index (χ4v) is 2.09. The van der Waals surface area contributed by atoms with Crippen LogP contribution in [0.3, 0.4) is 0 Å². The van der Waals surface area contributed by atoms with Crippen molar-refractivity contribution in [1.29, 1.82) is 0 Å². The average molecular weight is 250 g/mol. The molecule has 0 bridgehead atoms.